The summed E-state index contributed by atoms with van der Waals surface area (Å²) >= 11 is 0. The lowest BCUT2D eigenvalue weighted by Crippen LogP contribution is -2.05. The fourth-order valence-corrected chi connectivity index (χ4v) is 4.39. The first-order valence-electron chi connectivity index (χ1n) is 9.00. The number of rotatable bonds is 4. The zero-order valence-corrected chi connectivity index (χ0v) is 16.2. The summed E-state index contributed by atoms with van der Waals surface area (Å²) in [4.78, 5) is -0.313. The summed E-state index contributed by atoms with van der Waals surface area (Å²) in [5.41, 5.74) is 2.73. The summed E-state index contributed by atoms with van der Waals surface area (Å²) in [5, 5.41) is 11.1. The average molecular weight is 402 g/mol. The topological polar surface area (TPSA) is 74.6 Å². The molecule has 4 nitrogen and oxygen atoms in total. The van der Waals surface area contributed by atoms with Gasteiger partial charge in [-0.15, -0.1) is 0 Å². The Hall–Kier alpha value is -3.41. The normalized spacial score (nSPS) is 11.3. The second-order valence-electron chi connectivity index (χ2n) is 6.60. The van der Waals surface area contributed by atoms with Crippen molar-refractivity contribution in [2.75, 3.05) is 0 Å². The summed E-state index contributed by atoms with van der Waals surface area (Å²) in [6, 6.07) is 28.5. The Morgan fingerprint density at radius 2 is 1.00 bits per heavy atom. The fourth-order valence-electron chi connectivity index (χ4n) is 3.47. The molecule has 0 unspecified atom stereocenters. The van der Waals surface area contributed by atoms with E-state index in [1.807, 2.05) is 36.4 Å². The van der Waals surface area contributed by atoms with Gasteiger partial charge in [0.25, 0.3) is 10.1 Å². The highest BCUT2D eigenvalue weighted by Gasteiger charge is 2.28. The second-order valence-corrected chi connectivity index (χ2v) is 7.96. The number of aromatic hydroxyl groups is 1. The van der Waals surface area contributed by atoms with Crippen molar-refractivity contribution in [2.24, 2.45) is 0 Å². The van der Waals surface area contributed by atoms with Crippen LogP contribution in [0.4, 0.5) is 0 Å². The van der Waals surface area contributed by atoms with Gasteiger partial charge in [-0.3, -0.25) is 4.55 Å². The lowest BCUT2D eigenvalue weighted by molar-refractivity contribution is 0.470. The number of phenols is 1. The lowest BCUT2D eigenvalue weighted by atomic mass is 9.92. The molecule has 0 saturated heterocycles. The third kappa shape index (κ3) is 3.66. The number of hydrogen-bond acceptors (Lipinski definition) is 3. The van der Waals surface area contributed by atoms with Crippen LogP contribution in [0.3, 0.4) is 0 Å². The first-order chi connectivity index (χ1) is 14.0. The van der Waals surface area contributed by atoms with Crippen molar-refractivity contribution in [1.82, 2.24) is 0 Å². The maximum atomic E-state index is 12.5. The molecule has 4 aromatic rings. The highest BCUT2D eigenvalue weighted by Crippen LogP contribution is 2.47. The van der Waals surface area contributed by atoms with E-state index in [0.29, 0.717) is 22.3 Å². The third-order valence-electron chi connectivity index (χ3n) is 4.74. The van der Waals surface area contributed by atoms with Crippen LogP contribution in [-0.4, -0.2) is 18.1 Å². The van der Waals surface area contributed by atoms with E-state index in [1.165, 1.54) is 0 Å². The van der Waals surface area contributed by atoms with Crippen LogP contribution >= 0.6 is 0 Å². The van der Waals surface area contributed by atoms with Gasteiger partial charge < -0.3 is 5.11 Å². The molecule has 0 spiro atoms. The molecule has 0 radical (unpaired) electrons. The number of hydrogen-bond donors (Lipinski definition) is 2. The first kappa shape index (κ1) is 18.9. The average Bonchev–Trinajstić information content (AvgIpc) is 2.74. The van der Waals surface area contributed by atoms with Gasteiger partial charge in [-0.2, -0.15) is 8.42 Å². The van der Waals surface area contributed by atoms with Crippen LogP contribution in [0, 0.1) is 0 Å². The van der Waals surface area contributed by atoms with Crippen molar-refractivity contribution in [1.29, 1.82) is 0 Å². The third-order valence-corrected chi connectivity index (χ3v) is 5.68. The molecule has 0 atom stereocenters. The molecule has 29 heavy (non-hydrogen) atoms. The summed E-state index contributed by atoms with van der Waals surface area (Å²) in [7, 11) is -4.64. The molecule has 0 aliphatic carbocycles. The molecule has 144 valence electrons. The molecule has 0 saturated carbocycles. The molecular formula is C24H18O4S. The molecule has 0 fully saturated rings. The standard InChI is InChI=1S/C24H18O4S/c25-23-20(17-10-4-1-5-11-17)16-21(18-12-6-2-7-13-18)24(29(26,27)28)22(23)19-14-8-3-9-15-19/h1-16,25H,(H,26,27,28). The summed E-state index contributed by atoms with van der Waals surface area (Å²) in [6.45, 7) is 0. The van der Waals surface area contributed by atoms with Crippen LogP contribution in [-0.2, 0) is 10.1 Å². The van der Waals surface area contributed by atoms with E-state index in [-0.39, 0.29) is 16.2 Å². The maximum Gasteiger partial charge on any atom is 0.295 e. The first-order valence-corrected chi connectivity index (χ1v) is 10.4. The van der Waals surface area contributed by atoms with Crippen LogP contribution < -0.4 is 0 Å². The van der Waals surface area contributed by atoms with Gasteiger partial charge in [0.1, 0.15) is 10.6 Å². The predicted molar refractivity (Wildman–Crippen MR) is 114 cm³/mol. The van der Waals surface area contributed by atoms with Crippen molar-refractivity contribution in [3.05, 3.63) is 97.1 Å². The van der Waals surface area contributed by atoms with E-state index in [2.05, 4.69) is 0 Å². The molecule has 4 aromatic carbocycles. The Kier molecular flexibility index (Phi) is 4.92. The van der Waals surface area contributed by atoms with Crippen LogP contribution in [0.2, 0.25) is 0 Å². The van der Waals surface area contributed by atoms with Crippen molar-refractivity contribution in [3.8, 4) is 39.1 Å². The van der Waals surface area contributed by atoms with Gasteiger partial charge in [0.05, 0.1) is 0 Å². The Bertz CT molecular complexity index is 1250. The van der Waals surface area contributed by atoms with Gasteiger partial charge in [0, 0.05) is 16.7 Å². The van der Waals surface area contributed by atoms with Gasteiger partial charge in [-0.05, 0) is 22.8 Å². The minimum Gasteiger partial charge on any atom is -0.507 e. The summed E-state index contributed by atoms with van der Waals surface area (Å²) < 4.78 is 35.1. The largest absolute Gasteiger partial charge is 0.507 e. The van der Waals surface area contributed by atoms with Gasteiger partial charge in [0.15, 0.2) is 0 Å². The monoisotopic (exact) mass is 402 g/mol. The molecule has 2 N–H and O–H groups in total. The van der Waals surface area contributed by atoms with Gasteiger partial charge in [-0.1, -0.05) is 91.0 Å². The molecule has 0 aromatic heterocycles. The number of benzene rings is 4. The van der Waals surface area contributed by atoms with Crippen LogP contribution in [0.5, 0.6) is 5.75 Å². The van der Waals surface area contributed by atoms with Crippen LogP contribution in [0.1, 0.15) is 0 Å². The minimum atomic E-state index is -4.64. The van der Waals surface area contributed by atoms with Gasteiger partial charge in [0.2, 0.25) is 0 Å². The molecular weight excluding hydrogens is 384 g/mol. The van der Waals surface area contributed by atoms with E-state index in [1.54, 1.807) is 60.7 Å². The molecule has 5 heteroatoms. The maximum absolute atomic E-state index is 12.5. The van der Waals surface area contributed by atoms with Crippen molar-refractivity contribution in [3.63, 3.8) is 0 Å². The molecule has 0 heterocycles. The SMILES string of the molecule is O=S(=O)(O)c1c(-c2ccccc2)cc(-c2ccccc2)c(O)c1-c1ccccc1. The van der Waals surface area contributed by atoms with Gasteiger partial charge >= 0.3 is 0 Å². The second kappa shape index (κ2) is 7.54. The zero-order valence-electron chi connectivity index (χ0n) is 15.4. The molecule has 0 bridgehead atoms. The highest BCUT2D eigenvalue weighted by molar-refractivity contribution is 7.86. The van der Waals surface area contributed by atoms with Crippen LogP contribution in [0.15, 0.2) is 102 Å². The van der Waals surface area contributed by atoms with Gasteiger partial charge in [-0.25, -0.2) is 0 Å². The Morgan fingerprint density at radius 3 is 1.45 bits per heavy atom. The van der Waals surface area contributed by atoms with Crippen LogP contribution in [0.25, 0.3) is 33.4 Å². The fraction of sp³-hybridized carbons (Fsp3) is 0. The minimum absolute atomic E-state index is 0.0771. The highest BCUT2D eigenvalue weighted by atomic mass is 32.2. The quantitative estimate of drug-likeness (QED) is 0.433. The smallest absolute Gasteiger partial charge is 0.295 e. The number of phenolic OH excluding ortho intramolecular Hbond substituents is 1. The summed E-state index contributed by atoms with van der Waals surface area (Å²) in [6.07, 6.45) is 0. The molecule has 0 aliphatic rings. The van der Waals surface area contributed by atoms with E-state index >= 15 is 0 Å². The Balaban J connectivity index is 2.18. The van der Waals surface area contributed by atoms with Crippen molar-refractivity contribution >= 4 is 10.1 Å². The Morgan fingerprint density at radius 1 is 0.586 bits per heavy atom. The van der Waals surface area contributed by atoms with E-state index in [4.69, 9.17) is 0 Å². The molecule has 4 rings (SSSR count). The van der Waals surface area contributed by atoms with Crippen molar-refractivity contribution < 1.29 is 18.1 Å². The van der Waals surface area contributed by atoms with Crippen molar-refractivity contribution in [2.45, 2.75) is 4.90 Å². The Labute approximate surface area is 169 Å². The summed E-state index contributed by atoms with van der Waals surface area (Å²) in [5.74, 6) is -0.199. The van der Waals surface area contributed by atoms with E-state index in [9.17, 15) is 18.1 Å². The predicted octanol–water partition coefficient (Wildman–Crippen LogP) is 5.64. The molecule has 0 amide bonds. The van der Waals surface area contributed by atoms with E-state index in [0.717, 1.165) is 5.56 Å². The zero-order chi connectivity index (χ0) is 20.4. The van der Waals surface area contributed by atoms with E-state index < -0.39 is 10.1 Å². The lowest BCUT2D eigenvalue weighted by Gasteiger charge is -2.18. The molecule has 0 aliphatic heterocycles.